The van der Waals surface area contributed by atoms with Crippen LogP contribution in [0.5, 0.6) is 0 Å². The lowest BCUT2D eigenvalue weighted by Gasteiger charge is -2.25. The molecule has 0 saturated heterocycles. The normalized spacial score (nSPS) is 12.0. The highest BCUT2D eigenvalue weighted by Gasteiger charge is 2.13. The maximum absolute atomic E-state index is 8.89. The quantitative estimate of drug-likeness (QED) is 0.909. The molecule has 0 radical (unpaired) electrons. The highest BCUT2D eigenvalue weighted by molar-refractivity contribution is 6.32. The minimum Gasteiger partial charge on any atom is -0.383 e. The van der Waals surface area contributed by atoms with Gasteiger partial charge in [-0.1, -0.05) is 41.9 Å². The number of hydrogen-bond donors (Lipinski definition) is 1. The summed E-state index contributed by atoms with van der Waals surface area (Å²) in [5, 5.41) is 12.7. The van der Waals surface area contributed by atoms with Gasteiger partial charge in [0, 0.05) is 12.2 Å². The molecule has 0 aliphatic carbocycles. The molecule has 0 aliphatic heterocycles. The van der Waals surface area contributed by atoms with Crippen molar-refractivity contribution < 1.29 is 0 Å². The van der Waals surface area contributed by atoms with Gasteiger partial charge in [-0.2, -0.15) is 5.26 Å². The molecule has 2 rings (SSSR count). The largest absolute Gasteiger partial charge is 0.383 e. The molecular weight excluding hydrogens is 282 g/mol. The number of anilines is 1. The summed E-state index contributed by atoms with van der Waals surface area (Å²) in [6, 6.07) is 18.1. The van der Waals surface area contributed by atoms with Crippen molar-refractivity contribution in [3.8, 4) is 6.07 Å². The van der Waals surface area contributed by atoms with Gasteiger partial charge in [0.05, 0.1) is 16.6 Å². The summed E-state index contributed by atoms with van der Waals surface area (Å²) in [6.45, 7) is 0.763. The van der Waals surface area contributed by atoms with Crippen molar-refractivity contribution >= 4 is 17.3 Å². The Bertz CT molecular complexity index is 632. The molecule has 2 aromatic rings. The van der Waals surface area contributed by atoms with Gasteiger partial charge in [0.1, 0.15) is 6.07 Å². The molecule has 3 nitrogen and oxygen atoms in total. The highest BCUT2D eigenvalue weighted by Crippen LogP contribution is 2.22. The van der Waals surface area contributed by atoms with E-state index in [9.17, 15) is 0 Å². The second-order valence-electron chi connectivity index (χ2n) is 5.08. The van der Waals surface area contributed by atoms with Crippen LogP contribution in [-0.4, -0.2) is 25.5 Å². The number of rotatable bonds is 5. The average Bonchev–Trinajstić information content (AvgIpc) is 2.48. The molecule has 1 atom stereocenters. The molecule has 0 heterocycles. The number of nitriles is 1. The van der Waals surface area contributed by atoms with Gasteiger partial charge in [-0.3, -0.25) is 0 Å². The van der Waals surface area contributed by atoms with Crippen LogP contribution >= 0.6 is 11.6 Å². The van der Waals surface area contributed by atoms with Crippen LogP contribution in [0, 0.1) is 11.3 Å². The van der Waals surface area contributed by atoms with Crippen molar-refractivity contribution in [3.05, 3.63) is 64.7 Å². The summed E-state index contributed by atoms with van der Waals surface area (Å²) >= 11 is 6.05. The summed E-state index contributed by atoms with van der Waals surface area (Å²) < 4.78 is 0. The number of halogens is 1. The fourth-order valence-corrected chi connectivity index (χ4v) is 2.43. The summed E-state index contributed by atoms with van der Waals surface area (Å²) in [5.74, 6) is 0. The predicted molar refractivity (Wildman–Crippen MR) is 87.5 cm³/mol. The SMILES string of the molecule is CN(C)[C@@H](CNc1ccc(C#N)c(Cl)c1)c1ccccc1. The van der Waals surface area contributed by atoms with Crippen LogP contribution in [0.4, 0.5) is 5.69 Å². The van der Waals surface area contributed by atoms with E-state index < -0.39 is 0 Å². The number of nitrogens with one attached hydrogen (secondary N) is 1. The Hall–Kier alpha value is -2.02. The average molecular weight is 300 g/mol. The second kappa shape index (κ2) is 7.12. The lowest BCUT2D eigenvalue weighted by molar-refractivity contribution is 0.312. The minimum atomic E-state index is 0.264. The van der Waals surface area contributed by atoms with Crippen molar-refractivity contribution in [2.45, 2.75) is 6.04 Å². The van der Waals surface area contributed by atoms with Gasteiger partial charge in [0.2, 0.25) is 0 Å². The first-order valence-electron chi connectivity index (χ1n) is 6.76. The Kier molecular flexibility index (Phi) is 5.21. The molecule has 108 valence electrons. The third-order valence-corrected chi connectivity index (χ3v) is 3.71. The van der Waals surface area contributed by atoms with Crippen molar-refractivity contribution in [2.75, 3.05) is 26.0 Å². The van der Waals surface area contributed by atoms with Crippen LogP contribution in [0.3, 0.4) is 0 Å². The maximum atomic E-state index is 8.89. The van der Waals surface area contributed by atoms with E-state index in [0.717, 1.165) is 12.2 Å². The van der Waals surface area contributed by atoms with Crippen LogP contribution in [0.1, 0.15) is 17.2 Å². The molecule has 0 bridgehead atoms. The van der Waals surface area contributed by atoms with Crippen LogP contribution in [-0.2, 0) is 0 Å². The molecule has 21 heavy (non-hydrogen) atoms. The van der Waals surface area contributed by atoms with Crippen LogP contribution in [0.15, 0.2) is 48.5 Å². The van der Waals surface area contributed by atoms with E-state index >= 15 is 0 Å². The summed E-state index contributed by atoms with van der Waals surface area (Å²) in [7, 11) is 4.12. The maximum Gasteiger partial charge on any atom is 0.101 e. The fourth-order valence-electron chi connectivity index (χ4n) is 2.20. The fraction of sp³-hybridized carbons (Fsp3) is 0.235. The van der Waals surface area contributed by atoms with Crippen LogP contribution in [0.2, 0.25) is 5.02 Å². The van der Waals surface area contributed by atoms with Gasteiger partial charge >= 0.3 is 0 Å². The van der Waals surface area contributed by atoms with Crippen molar-refractivity contribution in [1.82, 2.24) is 4.90 Å². The predicted octanol–water partition coefficient (Wildman–Crippen LogP) is 3.93. The summed E-state index contributed by atoms with van der Waals surface area (Å²) in [4.78, 5) is 2.17. The molecule has 0 amide bonds. The molecule has 0 unspecified atom stereocenters. The Balaban J connectivity index is 2.10. The number of nitrogens with zero attached hydrogens (tertiary/aromatic N) is 2. The molecule has 4 heteroatoms. The van der Waals surface area contributed by atoms with Crippen molar-refractivity contribution in [2.24, 2.45) is 0 Å². The molecule has 2 aromatic carbocycles. The first-order chi connectivity index (χ1) is 10.1. The topological polar surface area (TPSA) is 39.1 Å². The van der Waals surface area contributed by atoms with E-state index in [1.54, 1.807) is 12.1 Å². The van der Waals surface area contributed by atoms with E-state index in [1.165, 1.54) is 5.56 Å². The lowest BCUT2D eigenvalue weighted by atomic mass is 10.1. The van der Waals surface area contributed by atoms with Crippen LogP contribution < -0.4 is 5.32 Å². The second-order valence-corrected chi connectivity index (χ2v) is 5.48. The number of likely N-dealkylation sites (N-methyl/N-ethyl adjacent to an activating group) is 1. The molecular formula is C17H18ClN3. The van der Waals surface area contributed by atoms with Crippen molar-refractivity contribution in [3.63, 3.8) is 0 Å². The van der Waals surface area contributed by atoms with Gasteiger partial charge in [-0.15, -0.1) is 0 Å². The Labute approximate surface area is 130 Å². The van der Waals surface area contributed by atoms with Gasteiger partial charge < -0.3 is 10.2 Å². The van der Waals surface area contributed by atoms with Crippen molar-refractivity contribution in [1.29, 1.82) is 5.26 Å². The van der Waals surface area contributed by atoms with Gasteiger partial charge in [-0.05, 0) is 37.9 Å². The standard InChI is InChI=1S/C17H18ClN3/c1-21(2)17(13-6-4-3-5-7-13)12-20-15-9-8-14(11-19)16(18)10-15/h3-10,17,20H,12H2,1-2H3/t17-/m0/s1. The minimum absolute atomic E-state index is 0.264. The number of hydrogen-bond acceptors (Lipinski definition) is 3. The van der Waals surface area contributed by atoms with E-state index in [-0.39, 0.29) is 6.04 Å². The van der Waals surface area contributed by atoms with E-state index in [0.29, 0.717) is 10.6 Å². The van der Waals surface area contributed by atoms with E-state index in [2.05, 4.69) is 42.5 Å². The smallest absolute Gasteiger partial charge is 0.101 e. The van der Waals surface area contributed by atoms with Crippen LogP contribution in [0.25, 0.3) is 0 Å². The zero-order chi connectivity index (χ0) is 15.2. The summed E-state index contributed by atoms with van der Waals surface area (Å²) in [6.07, 6.45) is 0. The molecule has 0 spiro atoms. The Morgan fingerprint density at radius 3 is 2.48 bits per heavy atom. The summed E-state index contributed by atoms with van der Waals surface area (Å²) in [5.41, 5.74) is 2.67. The molecule has 0 saturated carbocycles. The zero-order valence-electron chi connectivity index (χ0n) is 12.2. The van der Waals surface area contributed by atoms with Gasteiger partial charge in [0.25, 0.3) is 0 Å². The lowest BCUT2D eigenvalue weighted by Crippen LogP contribution is -2.26. The molecule has 0 aromatic heterocycles. The first-order valence-corrected chi connectivity index (χ1v) is 7.14. The Morgan fingerprint density at radius 2 is 1.90 bits per heavy atom. The molecule has 1 N–H and O–H groups in total. The zero-order valence-corrected chi connectivity index (χ0v) is 12.9. The Morgan fingerprint density at radius 1 is 1.19 bits per heavy atom. The van der Waals surface area contributed by atoms with E-state index in [4.69, 9.17) is 16.9 Å². The van der Waals surface area contributed by atoms with E-state index in [1.807, 2.05) is 24.3 Å². The number of benzene rings is 2. The van der Waals surface area contributed by atoms with Gasteiger partial charge in [0.15, 0.2) is 0 Å². The third-order valence-electron chi connectivity index (χ3n) is 3.40. The monoisotopic (exact) mass is 299 g/mol. The molecule has 0 fully saturated rings. The third kappa shape index (κ3) is 3.98. The first kappa shape index (κ1) is 15.4. The molecule has 0 aliphatic rings. The van der Waals surface area contributed by atoms with Gasteiger partial charge in [-0.25, -0.2) is 0 Å². The highest BCUT2D eigenvalue weighted by atomic mass is 35.5.